The fourth-order valence-corrected chi connectivity index (χ4v) is 2.92. The maximum Gasteiger partial charge on any atom is 0.255 e. The molecule has 19 heavy (non-hydrogen) atoms. The lowest BCUT2D eigenvalue weighted by Gasteiger charge is -2.36. The summed E-state index contributed by atoms with van der Waals surface area (Å²) in [6.45, 7) is 1.60. The molecule has 1 aliphatic rings. The zero-order chi connectivity index (χ0) is 13.8. The van der Waals surface area contributed by atoms with E-state index in [-0.39, 0.29) is 11.9 Å². The van der Waals surface area contributed by atoms with Gasteiger partial charge in [-0.2, -0.15) is 0 Å². The van der Waals surface area contributed by atoms with Crippen LogP contribution in [-0.2, 0) is 0 Å². The third-order valence-electron chi connectivity index (χ3n) is 3.51. The molecule has 1 aliphatic heterocycles. The van der Waals surface area contributed by atoms with Gasteiger partial charge in [0.15, 0.2) is 0 Å². The second kappa shape index (κ2) is 6.60. The van der Waals surface area contributed by atoms with Gasteiger partial charge in [-0.05, 0) is 38.4 Å². The largest absolute Gasteiger partial charge is 0.334 e. The van der Waals surface area contributed by atoms with Crippen molar-refractivity contribution < 1.29 is 4.79 Å². The maximum absolute atomic E-state index is 12.6. The first-order chi connectivity index (χ1) is 9.15. The van der Waals surface area contributed by atoms with Gasteiger partial charge in [0.1, 0.15) is 0 Å². The van der Waals surface area contributed by atoms with Crippen LogP contribution in [0.4, 0.5) is 0 Å². The van der Waals surface area contributed by atoms with E-state index < -0.39 is 0 Å². The number of hydrogen-bond acceptors (Lipinski definition) is 2. The summed E-state index contributed by atoms with van der Waals surface area (Å²) < 4.78 is 0. The van der Waals surface area contributed by atoms with Gasteiger partial charge in [0, 0.05) is 19.1 Å². The number of nitrogens with zero attached hydrogens (tertiary/aromatic N) is 1. The molecule has 0 aromatic heterocycles. The topological polar surface area (TPSA) is 32.3 Å². The fraction of sp³-hybridized carbons (Fsp3) is 0.500. The van der Waals surface area contributed by atoms with Crippen LogP contribution in [0.5, 0.6) is 0 Å². The van der Waals surface area contributed by atoms with Crippen LogP contribution in [0.2, 0.25) is 10.0 Å². The molecule has 3 nitrogen and oxygen atoms in total. The Kier molecular flexibility index (Phi) is 5.08. The highest BCUT2D eigenvalue weighted by atomic mass is 35.5. The summed E-state index contributed by atoms with van der Waals surface area (Å²) >= 11 is 12.1. The summed E-state index contributed by atoms with van der Waals surface area (Å²) in [4.78, 5) is 14.5. The lowest BCUT2D eigenvalue weighted by molar-refractivity contribution is 0.0615. The number of likely N-dealkylation sites (N-methyl/N-ethyl adjacent to an activating group) is 1. The van der Waals surface area contributed by atoms with Gasteiger partial charge >= 0.3 is 0 Å². The lowest BCUT2D eigenvalue weighted by atomic mass is 10.0. The van der Waals surface area contributed by atoms with E-state index in [0.717, 1.165) is 25.9 Å². The minimum Gasteiger partial charge on any atom is -0.334 e. The molecule has 1 saturated heterocycles. The molecule has 1 amide bonds. The fourth-order valence-electron chi connectivity index (χ4n) is 2.54. The van der Waals surface area contributed by atoms with Gasteiger partial charge in [0.2, 0.25) is 0 Å². The van der Waals surface area contributed by atoms with E-state index in [1.807, 2.05) is 11.9 Å². The summed E-state index contributed by atoms with van der Waals surface area (Å²) in [7, 11) is 1.91. The van der Waals surface area contributed by atoms with E-state index in [1.165, 1.54) is 6.42 Å². The minimum atomic E-state index is -0.0209. The number of benzene rings is 1. The highest BCUT2D eigenvalue weighted by Crippen LogP contribution is 2.28. The van der Waals surface area contributed by atoms with Gasteiger partial charge in [-0.25, -0.2) is 0 Å². The summed E-state index contributed by atoms with van der Waals surface area (Å²) in [5.74, 6) is -0.0209. The van der Waals surface area contributed by atoms with Crippen molar-refractivity contribution in [2.24, 2.45) is 0 Å². The smallest absolute Gasteiger partial charge is 0.255 e. The molecule has 0 saturated carbocycles. The first-order valence-electron chi connectivity index (χ1n) is 6.54. The van der Waals surface area contributed by atoms with Crippen molar-refractivity contribution in [3.8, 4) is 0 Å². The van der Waals surface area contributed by atoms with Crippen molar-refractivity contribution in [3.05, 3.63) is 33.8 Å². The van der Waals surface area contributed by atoms with E-state index in [9.17, 15) is 4.79 Å². The average Bonchev–Trinajstić information content (AvgIpc) is 2.42. The van der Waals surface area contributed by atoms with Gasteiger partial charge in [-0.3, -0.25) is 4.79 Å². The zero-order valence-corrected chi connectivity index (χ0v) is 12.5. The molecule has 1 N–H and O–H groups in total. The minimum absolute atomic E-state index is 0.0209. The van der Waals surface area contributed by atoms with Crippen molar-refractivity contribution in [1.82, 2.24) is 10.2 Å². The first kappa shape index (κ1) is 14.6. The molecule has 5 heteroatoms. The van der Waals surface area contributed by atoms with Gasteiger partial charge in [-0.15, -0.1) is 0 Å². The molecule has 0 radical (unpaired) electrons. The Labute approximate surface area is 123 Å². The van der Waals surface area contributed by atoms with Crippen LogP contribution in [-0.4, -0.2) is 37.0 Å². The number of halogens is 2. The molecular formula is C14H18Cl2N2O. The molecule has 1 atom stereocenters. The number of hydrogen-bond donors (Lipinski definition) is 1. The summed E-state index contributed by atoms with van der Waals surface area (Å²) in [6.07, 6.45) is 3.24. The second-order valence-electron chi connectivity index (χ2n) is 4.81. The Bertz CT molecular complexity index is 463. The monoisotopic (exact) mass is 300 g/mol. The molecule has 0 bridgehead atoms. The molecule has 104 valence electrons. The predicted molar refractivity (Wildman–Crippen MR) is 79.1 cm³/mol. The van der Waals surface area contributed by atoms with Crippen LogP contribution >= 0.6 is 23.2 Å². The summed E-state index contributed by atoms with van der Waals surface area (Å²) in [5, 5.41) is 3.92. The number of piperidine rings is 1. The van der Waals surface area contributed by atoms with Gasteiger partial charge in [0.05, 0.1) is 15.6 Å². The van der Waals surface area contributed by atoms with Crippen LogP contribution in [0, 0.1) is 0 Å². The highest BCUT2D eigenvalue weighted by Gasteiger charge is 2.28. The quantitative estimate of drug-likeness (QED) is 0.930. The third kappa shape index (κ3) is 3.22. The van der Waals surface area contributed by atoms with Crippen LogP contribution in [0.25, 0.3) is 0 Å². The standard InChI is InChI=1S/C14H18Cl2N2O/c1-17-9-10-5-2-3-8-18(10)14(19)11-6-4-7-12(15)13(11)16/h4,6-7,10,17H,2-3,5,8-9H2,1H3. The number of amides is 1. The number of carbonyl (C=O) groups excluding carboxylic acids is 1. The third-order valence-corrected chi connectivity index (χ3v) is 4.33. The van der Waals surface area contributed by atoms with E-state index in [1.54, 1.807) is 18.2 Å². The first-order valence-corrected chi connectivity index (χ1v) is 7.30. The van der Waals surface area contributed by atoms with Crippen LogP contribution in [0.15, 0.2) is 18.2 Å². The van der Waals surface area contributed by atoms with Gasteiger partial charge < -0.3 is 10.2 Å². The van der Waals surface area contributed by atoms with Gasteiger partial charge in [-0.1, -0.05) is 29.3 Å². The van der Waals surface area contributed by atoms with Gasteiger partial charge in [0.25, 0.3) is 5.91 Å². The lowest BCUT2D eigenvalue weighted by Crippen LogP contribution is -2.48. The predicted octanol–water partition coefficient (Wildman–Crippen LogP) is 3.21. The van der Waals surface area contributed by atoms with Crippen molar-refractivity contribution in [3.63, 3.8) is 0 Å². The molecule has 2 rings (SSSR count). The number of rotatable bonds is 3. The number of carbonyl (C=O) groups is 1. The van der Waals surface area contributed by atoms with Crippen molar-refractivity contribution >= 4 is 29.1 Å². The number of nitrogens with one attached hydrogen (secondary N) is 1. The zero-order valence-electron chi connectivity index (χ0n) is 11.0. The molecule has 1 unspecified atom stereocenters. The summed E-state index contributed by atoms with van der Waals surface area (Å²) in [5.41, 5.74) is 0.497. The van der Waals surface area contributed by atoms with E-state index in [4.69, 9.17) is 23.2 Å². The van der Waals surface area contributed by atoms with Crippen molar-refractivity contribution in [2.45, 2.75) is 25.3 Å². The molecule has 1 heterocycles. The van der Waals surface area contributed by atoms with Crippen molar-refractivity contribution in [2.75, 3.05) is 20.1 Å². The molecule has 1 aromatic carbocycles. The average molecular weight is 301 g/mol. The van der Waals surface area contributed by atoms with E-state index >= 15 is 0 Å². The SMILES string of the molecule is CNCC1CCCCN1C(=O)c1cccc(Cl)c1Cl. The van der Waals surface area contributed by atoms with Crippen LogP contribution in [0.1, 0.15) is 29.6 Å². The Morgan fingerprint density at radius 3 is 2.95 bits per heavy atom. The Morgan fingerprint density at radius 2 is 2.21 bits per heavy atom. The molecule has 0 aliphatic carbocycles. The Morgan fingerprint density at radius 1 is 1.42 bits per heavy atom. The summed E-state index contributed by atoms with van der Waals surface area (Å²) in [6, 6.07) is 5.43. The highest BCUT2D eigenvalue weighted by molar-refractivity contribution is 6.43. The maximum atomic E-state index is 12.6. The molecule has 1 fully saturated rings. The van der Waals surface area contributed by atoms with Crippen molar-refractivity contribution in [1.29, 1.82) is 0 Å². The van der Waals surface area contributed by atoms with E-state index in [2.05, 4.69) is 5.32 Å². The van der Waals surface area contributed by atoms with Crippen LogP contribution < -0.4 is 5.32 Å². The normalized spacial score (nSPS) is 19.5. The number of likely N-dealkylation sites (tertiary alicyclic amines) is 1. The Balaban J connectivity index is 2.23. The van der Waals surface area contributed by atoms with E-state index in [0.29, 0.717) is 15.6 Å². The molecule has 1 aromatic rings. The molecular weight excluding hydrogens is 283 g/mol. The Hall–Kier alpha value is -0.770. The molecule has 0 spiro atoms. The second-order valence-corrected chi connectivity index (χ2v) is 5.59. The van der Waals surface area contributed by atoms with Crippen LogP contribution in [0.3, 0.4) is 0 Å².